The molecule has 0 amide bonds. The van der Waals surface area contributed by atoms with E-state index in [4.69, 9.17) is 8.76 Å². The molecule has 0 aliphatic carbocycles. The van der Waals surface area contributed by atoms with Crippen LogP contribution < -0.4 is 5.14 Å². The van der Waals surface area contributed by atoms with E-state index < -0.39 is 11.3 Å². The van der Waals surface area contributed by atoms with Gasteiger partial charge in [0.2, 0.25) is 0 Å². The van der Waals surface area contributed by atoms with Crippen molar-refractivity contribution in [2.24, 2.45) is 5.14 Å². The average molecular weight is 138 g/mol. The van der Waals surface area contributed by atoms with Crippen LogP contribution in [0.3, 0.4) is 0 Å². The number of carbonyl (C=O) groups excluding carboxylic acids is 1. The van der Waals surface area contributed by atoms with Crippen molar-refractivity contribution in [3.8, 4) is 0 Å². The summed E-state index contributed by atoms with van der Waals surface area (Å²) in [5.74, 6) is 0.167. The van der Waals surface area contributed by atoms with Crippen LogP contribution in [0.15, 0.2) is 0 Å². The van der Waals surface area contributed by atoms with E-state index in [1.165, 1.54) is 13.8 Å². The molecule has 5 heteroatoms. The van der Waals surface area contributed by atoms with Gasteiger partial charge in [0, 0.05) is 11.3 Å². The maximum atomic E-state index is 9.44. The first-order valence-electron chi connectivity index (χ1n) is 1.77. The van der Waals surface area contributed by atoms with Crippen molar-refractivity contribution >= 4 is 17.0 Å². The van der Waals surface area contributed by atoms with E-state index in [1.54, 1.807) is 0 Å². The molecule has 2 N–H and O–H groups in total. The lowest BCUT2D eigenvalue weighted by atomic mass is 10.6. The first-order chi connectivity index (χ1) is 3.46. The highest BCUT2D eigenvalue weighted by Crippen LogP contribution is 1.50. The highest BCUT2D eigenvalue weighted by Gasteiger charge is 1.62. The van der Waals surface area contributed by atoms with E-state index in [2.05, 4.69) is 5.14 Å². The Morgan fingerprint density at radius 2 is 1.62 bits per heavy atom. The number of rotatable bonds is 0. The Morgan fingerprint density at radius 3 is 1.62 bits per heavy atom. The molecule has 0 aromatic carbocycles. The molecule has 0 spiro atoms. The predicted octanol–water partition coefficient (Wildman–Crippen LogP) is -0.665. The zero-order valence-electron chi connectivity index (χ0n) is 4.71. The van der Waals surface area contributed by atoms with Gasteiger partial charge in [-0.3, -0.25) is 9.35 Å². The van der Waals surface area contributed by atoms with Gasteiger partial charge in [-0.1, -0.05) is 0 Å². The van der Waals surface area contributed by atoms with Gasteiger partial charge in [0.05, 0.1) is 0 Å². The first kappa shape index (κ1) is 10.7. The third kappa shape index (κ3) is 1910. The summed E-state index contributed by atoms with van der Waals surface area (Å²) < 4.78 is 17.6. The summed E-state index contributed by atoms with van der Waals surface area (Å²) in [5.41, 5.74) is 0. The summed E-state index contributed by atoms with van der Waals surface area (Å²) in [6.45, 7) is 3.06. The third-order valence-corrected chi connectivity index (χ3v) is 0. The zero-order valence-corrected chi connectivity index (χ0v) is 5.53. The maximum Gasteiger partial charge on any atom is 0.126 e. The summed E-state index contributed by atoms with van der Waals surface area (Å²) in [6.07, 6.45) is 0. The van der Waals surface area contributed by atoms with Crippen LogP contribution >= 0.6 is 0 Å². The van der Waals surface area contributed by atoms with Gasteiger partial charge in [-0.25, -0.2) is 0 Å². The van der Waals surface area contributed by atoms with Gasteiger partial charge in [0.25, 0.3) is 0 Å². The van der Waals surface area contributed by atoms with Crippen LogP contribution in [-0.2, 0) is 16.1 Å². The Bertz CT molecular complexity index is 72.5. The number of Topliss-reactive ketones (excluding diaryl/α,β-unsaturated/α-hetero) is 1. The summed E-state index contributed by atoms with van der Waals surface area (Å²) >= 11 is -2.36. The van der Waals surface area contributed by atoms with Crippen LogP contribution in [0.5, 0.6) is 0 Å². The van der Waals surface area contributed by atoms with Crippen molar-refractivity contribution in [1.29, 1.82) is 0 Å². The molecule has 8 heavy (non-hydrogen) atoms. The largest absolute Gasteiger partial charge is 0.760 e. The van der Waals surface area contributed by atoms with Crippen LogP contribution in [0.4, 0.5) is 0 Å². The molecule has 0 radical (unpaired) electrons. The molecule has 0 fully saturated rings. The summed E-state index contributed by atoms with van der Waals surface area (Å²) in [6, 6.07) is 0. The van der Waals surface area contributed by atoms with Gasteiger partial charge in [0.15, 0.2) is 0 Å². The Balaban J connectivity index is 0. The van der Waals surface area contributed by atoms with Crippen LogP contribution in [0, 0.1) is 0 Å². The number of hydrogen-bond acceptors (Lipinski definition) is 3. The molecule has 1 atom stereocenters. The second kappa shape index (κ2) is 6.74. The third-order valence-electron chi connectivity index (χ3n) is 0. The van der Waals surface area contributed by atoms with Gasteiger partial charge < -0.3 is 9.35 Å². The van der Waals surface area contributed by atoms with Crippen molar-refractivity contribution in [3.63, 3.8) is 0 Å². The Morgan fingerprint density at radius 1 is 1.62 bits per heavy atom. The van der Waals surface area contributed by atoms with E-state index in [1.807, 2.05) is 0 Å². The monoisotopic (exact) mass is 138 g/mol. The zero-order chi connectivity index (χ0) is 7.15. The van der Waals surface area contributed by atoms with Crippen LogP contribution in [-0.4, -0.2) is 14.5 Å². The van der Waals surface area contributed by atoms with Crippen LogP contribution in [0.2, 0.25) is 0 Å². The minimum absolute atomic E-state index is 0.167. The highest BCUT2D eigenvalue weighted by atomic mass is 32.2. The topological polar surface area (TPSA) is 83.2 Å². The van der Waals surface area contributed by atoms with E-state index >= 15 is 0 Å². The standard InChI is InChI=1S/C3H6O.H3NO2S/c1-3(2)4;1-4(2)3/h1-2H3;1H2,(H,2,3)/p-1. The molecular weight excluding hydrogens is 130 g/mol. The minimum Gasteiger partial charge on any atom is -0.760 e. The lowest BCUT2D eigenvalue weighted by molar-refractivity contribution is -0.114. The van der Waals surface area contributed by atoms with E-state index in [9.17, 15) is 4.79 Å². The maximum absolute atomic E-state index is 9.44. The lowest BCUT2D eigenvalue weighted by Gasteiger charge is -1.85. The first-order valence-corrected chi connectivity index (χ1v) is 2.91. The molecule has 0 aromatic heterocycles. The van der Waals surface area contributed by atoms with Crippen LogP contribution in [0.1, 0.15) is 13.8 Å². The van der Waals surface area contributed by atoms with Gasteiger partial charge >= 0.3 is 0 Å². The van der Waals surface area contributed by atoms with E-state index in [0.717, 1.165) is 0 Å². The fraction of sp³-hybridized carbons (Fsp3) is 0.667. The predicted molar refractivity (Wildman–Crippen MR) is 29.5 cm³/mol. The highest BCUT2D eigenvalue weighted by molar-refractivity contribution is 7.76. The second-order valence-corrected chi connectivity index (χ2v) is 1.69. The van der Waals surface area contributed by atoms with Gasteiger partial charge in [0.1, 0.15) is 5.78 Å². The molecule has 0 saturated carbocycles. The normalized spacial score (nSPS) is 11.0. The lowest BCUT2D eigenvalue weighted by Crippen LogP contribution is -1.97. The molecular formula is C3H8NO3S-. The number of ketones is 1. The average Bonchev–Trinajstić information content (AvgIpc) is 1.25. The van der Waals surface area contributed by atoms with Gasteiger partial charge in [-0.2, -0.15) is 0 Å². The van der Waals surface area contributed by atoms with E-state index in [-0.39, 0.29) is 5.78 Å². The fourth-order valence-electron chi connectivity index (χ4n) is 0. The number of carbonyl (C=O) groups is 1. The summed E-state index contributed by atoms with van der Waals surface area (Å²) in [5, 5.41) is 4.03. The molecule has 0 aliphatic rings. The van der Waals surface area contributed by atoms with Crippen molar-refractivity contribution in [1.82, 2.24) is 0 Å². The smallest absolute Gasteiger partial charge is 0.126 e. The van der Waals surface area contributed by atoms with Gasteiger partial charge in [-0.05, 0) is 13.8 Å². The summed E-state index contributed by atoms with van der Waals surface area (Å²) in [4.78, 5) is 9.44. The molecule has 0 heterocycles. The molecule has 50 valence electrons. The van der Waals surface area contributed by atoms with Crippen molar-refractivity contribution in [2.75, 3.05) is 0 Å². The second-order valence-electron chi connectivity index (χ2n) is 1.17. The molecule has 0 saturated heterocycles. The van der Waals surface area contributed by atoms with Gasteiger partial charge in [-0.15, -0.1) is 0 Å². The van der Waals surface area contributed by atoms with Crippen molar-refractivity contribution in [2.45, 2.75) is 13.8 Å². The van der Waals surface area contributed by atoms with E-state index in [0.29, 0.717) is 0 Å². The molecule has 0 bridgehead atoms. The fourth-order valence-corrected chi connectivity index (χ4v) is 0. The van der Waals surface area contributed by atoms with Crippen molar-refractivity contribution in [3.05, 3.63) is 0 Å². The summed E-state index contributed by atoms with van der Waals surface area (Å²) in [7, 11) is 0. The Hall–Kier alpha value is -0.260. The minimum atomic E-state index is -2.36. The number of hydrogen-bond donors (Lipinski definition) is 1. The number of nitrogens with two attached hydrogens (primary N) is 1. The molecule has 0 aromatic rings. The van der Waals surface area contributed by atoms with Crippen molar-refractivity contribution < 1.29 is 13.6 Å². The Labute approximate surface area is 50.5 Å². The quantitative estimate of drug-likeness (QED) is 0.451. The molecule has 1 unspecified atom stereocenters. The SMILES string of the molecule is CC(C)=O.NS(=O)[O-]. The van der Waals surface area contributed by atoms with Crippen LogP contribution in [0.25, 0.3) is 0 Å². The Kier molecular flexibility index (Phi) is 8.99. The molecule has 4 nitrogen and oxygen atoms in total. The molecule has 0 rings (SSSR count). The molecule has 0 aliphatic heterocycles.